The number of hydrogen-bond donors (Lipinski definition) is 2. The number of nitrogens with one attached hydrogen (secondary N) is 1. The highest BCUT2D eigenvalue weighted by Crippen LogP contribution is 2.24. The van der Waals surface area contributed by atoms with E-state index < -0.39 is 12.1 Å². The highest BCUT2D eigenvalue weighted by Gasteiger charge is 2.17. The molecule has 1 aliphatic rings. The summed E-state index contributed by atoms with van der Waals surface area (Å²) in [6, 6.07) is 6.00. The smallest absolute Gasteiger partial charge is 0.342 e. The summed E-state index contributed by atoms with van der Waals surface area (Å²) in [4.78, 5) is 14.7. The van der Waals surface area contributed by atoms with Crippen molar-refractivity contribution in [1.29, 1.82) is 0 Å². The van der Waals surface area contributed by atoms with Crippen molar-refractivity contribution in [3.63, 3.8) is 0 Å². The van der Waals surface area contributed by atoms with Gasteiger partial charge in [-0.2, -0.15) is 0 Å². The predicted molar refractivity (Wildman–Crippen MR) is 75.5 cm³/mol. The van der Waals surface area contributed by atoms with E-state index in [0.717, 1.165) is 25.6 Å². The number of guanidine groups is 1. The van der Waals surface area contributed by atoms with Crippen molar-refractivity contribution in [3.05, 3.63) is 29.3 Å². The zero-order valence-electron chi connectivity index (χ0n) is 11.4. The first-order chi connectivity index (χ1) is 9.60. The van der Waals surface area contributed by atoms with E-state index in [9.17, 15) is 9.18 Å². The molecule has 0 spiro atoms. The first-order valence-electron chi connectivity index (χ1n) is 6.51. The number of methoxy groups -OCH3 is 1. The molecule has 108 valence electrons. The van der Waals surface area contributed by atoms with Gasteiger partial charge in [0.1, 0.15) is 0 Å². The van der Waals surface area contributed by atoms with E-state index in [4.69, 9.17) is 5.73 Å². The van der Waals surface area contributed by atoms with Crippen LogP contribution >= 0.6 is 0 Å². The van der Waals surface area contributed by atoms with Crippen LogP contribution in [0.1, 0.15) is 17.5 Å². The number of nitrogens with two attached hydrogens (primary N) is 1. The van der Waals surface area contributed by atoms with Crippen molar-refractivity contribution in [2.45, 2.75) is 25.4 Å². The van der Waals surface area contributed by atoms with Gasteiger partial charge >= 0.3 is 5.97 Å². The topological polar surface area (TPSA) is 76.7 Å². The number of aryl methyl sites for hydroxylation is 2. The first kappa shape index (κ1) is 14.3. The molecule has 0 heterocycles. The second-order valence-electron chi connectivity index (χ2n) is 4.68. The monoisotopic (exact) mass is 279 g/mol. The minimum atomic E-state index is -1.79. The SMILES string of the molecule is COC(=O)C(F)CN=C(N)Nc1ccc2c(c1)CCC2. The zero-order chi connectivity index (χ0) is 14.5. The molecule has 0 aliphatic heterocycles. The molecule has 6 heteroatoms. The fourth-order valence-corrected chi connectivity index (χ4v) is 2.22. The Kier molecular flexibility index (Phi) is 4.55. The number of fused-ring (bicyclic) bond motifs is 1. The van der Waals surface area contributed by atoms with E-state index in [0.29, 0.717) is 0 Å². The molecule has 0 bridgehead atoms. The van der Waals surface area contributed by atoms with Crippen LogP contribution in [0.2, 0.25) is 0 Å². The van der Waals surface area contributed by atoms with Crippen LogP contribution in [-0.2, 0) is 22.4 Å². The van der Waals surface area contributed by atoms with E-state index in [1.807, 2.05) is 12.1 Å². The molecule has 1 aromatic carbocycles. The lowest BCUT2D eigenvalue weighted by Crippen LogP contribution is -2.26. The standard InChI is InChI=1S/C14H18FN3O2/c1-20-13(19)12(15)8-17-14(16)18-11-6-5-9-3-2-4-10(9)7-11/h5-7,12H,2-4,8H2,1H3,(H3,16,17,18). The average Bonchev–Trinajstić information content (AvgIpc) is 2.91. The number of carbonyl (C=O) groups is 1. The lowest BCUT2D eigenvalue weighted by atomic mass is 10.1. The molecule has 1 aliphatic carbocycles. The molecule has 2 rings (SSSR count). The van der Waals surface area contributed by atoms with Gasteiger partial charge in [-0.25, -0.2) is 14.2 Å². The van der Waals surface area contributed by atoms with Crippen LogP contribution in [0.25, 0.3) is 0 Å². The van der Waals surface area contributed by atoms with Gasteiger partial charge in [0.05, 0.1) is 13.7 Å². The van der Waals surface area contributed by atoms with Gasteiger partial charge in [0, 0.05) is 5.69 Å². The van der Waals surface area contributed by atoms with Crippen LogP contribution in [0, 0.1) is 0 Å². The Morgan fingerprint density at radius 3 is 3.00 bits per heavy atom. The molecule has 0 amide bonds. The van der Waals surface area contributed by atoms with Gasteiger partial charge in [-0.3, -0.25) is 0 Å². The summed E-state index contributed by atoms with van der Waals surface area (Å²) >= 11 is 0. The molecular formula is C14H18FN3O2. The highest BCUT2D eigenvalue weighted by molar-refractivity contribution is 5.92. The lowest BCUT2D eigenvalue weighted by Gasteiger charge is -2.08. The molecule has 0 saturated heterocycles. The molecule has 1 unspecified atom stereocenters. The summed E-state index contributed by atoms with van der Waals surface area (Å²) in [7, 11) is 1.13. The van der Waals surface area contributed by atoms with Crippen molar-refractivity contribution >= 4 is 17.6 Å². The van der Waals surface area contributed by atoms with Crippen LogP contribution in [0.15, 0.2) is 23.2 Å². The Hall–Kier alpha value is -2.11. The van der Waals surface area contributed by atoms with Gasteiger partial charge in [0.2, 0.25) is 6.17 Å². The summed E-state index contributed by atoms with van der Waals surface area (Å²) in [6.07, 6.45) is 1.56. The summed E-state index contributed by atoms with van der Waals surface area (Å²) in [6.45, 7) is -0.351. The van der Waals surface area contributed by atoms with Crippen LogP contribution in [0.5, 0.6) is 0 Å². The number of hydrogen-bond acceptors (Lipinski definition) is 3. The molecule has 3 N–H and O–H groups in total. The van der Waals surface area contributed by atoms with Gasteiger partial charge in [0.15, 0.2) is 5.96 Å². The number of halogens is 1. The van der Waals surface area contributed by atoms with Crippen molar-refractivity contribution in [1.82, 2.24) is 0 Å². The Morgan fingerprint density at radius 1 is 1.50 bits per heavy atom. The number of ether oxygens (including phenoxy) is 1. The zero-order valence-corrected chi connectivity index (χ0v) is 11.4. The molecule has 0 radical (unpaired) electrons. The minimum Gasteiger partial charge on any atom is -0.467 e. The number of carbonyl (C=O) groups excluding carboxylic acids is 1. The molecule has 0 fully saturated rings. The number of anilines is 1. The minimum absolute atomic E-state index is 0.0782. The predicted octanol–water partition coefficient (Wildman–Crippen LogP) is 1.41. The summed E-state index contributed by atoms with van der Waals surface area (Å²) in [5, 5.41) is 2.89. The second kappa shape index (κ2) is 6.36. The van der Waals surface area contributed by atoms with Gasteiger partial charge < -0.3 is 15.8 Å². The summed E-state index contributed by atoms with van der Waals surface area (Å²) in [5.74, 6) is -0.867. The van der Waals surface area contributed by atoms with Crippen LogP contribution in [0.3, 0.4) is 0 Å². The van der Waals surface area contributed by atoms with Gasteiger partial charge in [-0.05, 0) is 42.5 Å². The molecule has 20 heavy (non-hydrogen) atoms. The Morgan fingerprint density at radius 2 is 2.25 bits per heavy atom. The van der Waals surface area contributed by atoms with Gasteiger partial charge in [0.25, 0.3) is 0 Å². The fourth-order valence-electron chi connectivity index (χ4n) is 2.22. The Bertz CT molecular complexity index is 531. The summed E-state index contributed by atoms with van der Waals surface area (Å²) < 4.78 is 17.5. The number of esters is 1. The molecule has 5 nitrogen and oxygen atoms in total. The lowest BCUT2D eigenvalue weighted by molar-refractivity contribution is -0.146. The van der Waals surface area contributed by atoms with Gasteiger partial charge in [-0.1, -0.05) is 6.07 Å². The Balaban J connectivity index is 1.94. The number of rotatable bonds is 4. The van der Waals surface area contributed by atoms with E-state index in [2.05, 4.69) is 21.1 Å². The third-order valence-electron chi connectivity index (χ3n) is 3.25. The molecule has 1 aromatic rings. The number of alkyl halides is 1. The molecule has 0 aromatic heterocycles. The first-order valence-corrected chi connectivity index (χ1v) is 6.51. The Labute approximate surface area is 117 Å². The average molecular weight is 279 g/mol. The quantitative estimate of drug-likeness (QED) is 0.496. The van der Waals surface area contributed by atoms with Crippen molar-refractivity contribution < 1.29 is 13.9 Å². The maximum atomic E-state index is 13.2. The van der Waals surface area contributed by atoms with E-state index in [-0.39, 0.29) is 12.5 Å². The third-order valence-corrected chi connectivity index (χ3v) is 3.25. The van der Waals surface area contributed by atoms with Crippen molar-refractivity contribution in [3.8, 4) is 0 Å². The summed E-state index contributed by atoms with van der Waals surface area (Å²) in [5.41, 5.74) is 9.15. The van der Waals surface area contributed by atoms with Crippen LogP contribution in [-0.4, -0.2) is 31.8 Å². The number of aliphatic imine (C=N–C) groups is 1. The second-order valence-corrected chi connectivity index (χ2v) is 4.68. The van der Waals surface area contributed by atoms with E-state index in [1.165, 1.54) is 17.5 Å². The third kappa shape index (κ3) is 3.46. The highest BCUT2D eigenvalue weighted by atomic mass is 19.1. The molecule has 0 saturated carbocycles. The van der Waals surface area contributed by atoms with Crippen LogP contribution in [0.4, 0.5) is 10.1 Å². The molecular weight excluding hydrogens is 261 g/mol. The van der Waals surface area contributed by atoms with E-state index in [1.54, 1.807) is 0 Å². The fraction of sp³-hybridized carbons (Fsp3) is 0.429. The maximum absolute atomic E-state index is 13.2. The maximum Gasteiger partial charge on any atom is 0.342 e. The van der Waals surface area contributed by atoms with Crippen molar-refractivity contribution in [2.24, 2.45) is 10.7 Å². The largest absolute Gasteiger partial charge is 0.467 e. The van der Waals surface area contributed by atoms with Crippen molar-refractivity contribution in [2.75, 3.05) is 19.0 Å². The van der Waals surface area contributed by atoms with Gasteiger partial charge in [-0.15, -0.1) is 0 Å². The number of nitrogens with zero attached hydrogens (tertiary/aromatic N) is 1. The number of benzene rings is 1. The normalized spacial score (nSPS) is 15.6. The van der Waals surface area contributed by atoms with Crippen LogP contribution < -0.4 is 11.1 Å². The molecule has 1 atom stereocenters. The van der Waals surface area contributed by atoms with E-state index >= 15 is 0 Å².